The molecule has 3 aromatic carbocycles. The average Bonchev–Trinajstić information content (AvgIpc) is 2.92. The van der Waals surface area contributed by atoms with Crippen molar-refractivity contribution < 1.29 is 22.8 Å². The summed E-state index contributed by atoms with van der Waals surface area (Å²) in [6.07, 6.45) is -4.45. The molecule has 1 aliphatic heterocycles. The first-order valence-corrected chi connectivity index (χ1v) is 12.5. The van der Waals surface area contributed by atoms with Crippen molar-refractivity contribution in [3.05, 3.63) is 94.0 Å². The topological polar surface area (TPSA) is 49.4 Å². The van der Waals surface area contributed by atoms with E-state index in [0.717, 1.165) is 33.7 Å². The SMILES string of the molecule is Cc1cc(C)c(NC(=O)[C@]2(C)CSc3ccccc3C(=O)N2Cc2ccc(C(F)(F)F)cc2)c(C)c1. The number of carbonyl (C=O) groups is 2. The minimum absolute atomic E-state index is 0.0123. The second kappa shape index (κ2) is 9.65. The quantitative estimate of drug-likeness (QED) is 0.419. The Kier molecular flexibility index (Phi) is 6.92. The van der Waals surface area contributed by atoms with Crippen molar-refractivity contribution in [2.75, 3.05) is 11.1 Å². The molecule has 0 bridgehead atoms. The van der Waals surface area contributed by atoms with E-state index in [9.17, 15) is 22.8 Å². The summed E-state index contributed by atoms with van der Waals surface area (Å²) in [5.74, 6) is -0.407. The number of halogens is 3. The molecule has 1 heterocycles. The predicted octanol–water partition coefficient (Wildman–Crippen LogP) is 6.78. The normalized spacial score (nSPS) is 18.0. The van der Waals surface area contributed by atoms with Crippen LogP contribution in [0.1, 0.15) is 45.1 Å². The minimum Gasteiger partial charge on any atom is -0.324 e. The van der Waals surface area contributed by atoms with Crippen LogP contribution in [0.2, 0.25) is 0 Å². The predicted molar refractivity (Wildman–Crippen MR) is 136 cm³/mol. The van der Waals surface area contributed by atoms with Gasteiger partial charge in [0.05, 0.1) is 11.1 Å². The monoisotopic (exact) mass is 512 g/mol. The molecule has 1 atom stereocenters. The van der Waals surface area contributed by atoms with Gasteiger partial charge in [-0.05, 0) is 68.7 Å². The second-order valence-electron chi connectivity index (χ2n) is 9.37. The number of aryl methyl sites for hydroxylation is 3. The van der Waals surface area contributed by atoms with Crippen LogP contribution in [-0.4, -0.2) is 28.0 Å². The zero-order valence-corrected chi connectivity index (χ0v) is 21.3. The summed E-state index contributed by atoms with van der Waals surface area (Å²) in [5.41, 5.74) is 2.53. The van der Waals surface area contributed by atoms with E-state index in [0.29, 0.717) is 16.8 Å². The van der Waals surface area contributed by atoms with Crippen LogP contribution < -0.4 is 5.32 Å². The summed E-state index contributed by atoms with van der Waals surface area (Å²) in [7, 11) is 0. The van der Waals surface area contributed by atoms with Gasteiger partial charge in [-0.1, -0.05) is 42.0 Å². The van der Waals surface area contributed by atoms with Crippen molar-refractivity contribution in [2.24, 2.45) is 0 Å². The van der Waals surface area contributed by atoms with Crippen molar-refractivity contribution in [3.8, 4) is 0 Å². The largest absolute Gasteiger partial charge is 0.416 e. The number of thioether (sulfide) groups is 1. The van der Waals surface area contributed by atoms with Crippen LogP contribution in [0.5, 0.6) is 0 Å². The van der Waals surface area contributed by atoms with Gasteiger partial charge in [0.25, 0.3) is 11.8 Å². The number of fused-ring (bicyclic) bond motifs is 1. The Labute approximate surface area is 212 Å². The Morgan fingerprint density at radius 3 is 2.25 bits per heavy atom. The number of amides is 2. The molecule has 0 saturated carbocycles. The van der Waals surface area contributed by atoms with Gasteiger partial charge in [0, 0.05) is 22.9 Å². The number of nitrogens with one attached hydrogen (secondary N) is 1. The third-order valence-corrected chi connectivity index (χ3v) is 7.87. The molecule has 0 aromatic heterocycles. The van der Waals surface area contributed by atoms with E-state index in [1.54, 1.807) is 19.1 Å². The molecule has 3 aromatic rings. The van der Waals surface area contributed by atoms with E-state index in [1.165, 1.54) is 28.8 Å². The summed E-state index contributed by atoms with van der Waals surface area (Å²) in [6, 6.07) is 15.8. The van der Waals surface area contributed by atoms with Gasteiger partial charge in [-0.15, -0.1) is 11.8 Å². The van der Waals surface area contributed by atoms with Gasteiger partial charge in [0.15, 0.2) is 0 Å². The lowest BCUT2D eigenvalue weighted by atomic mass is 9.97. The first-order valence-electron chi connectivity index (χ1n) is 11.5. The number of alkyl halides is 3. The zero-order valence-electron chi connectivity index (χ0n) is 20.5. The average molecular weight is 513 g/mol. The molecule has 0 aliphatic carbocycles. The Hall–Kier alpha value is -3.26. The van der Waals surface area contributed by atoms with Gasteiger partial charge in [0.1, 0.15) is 5.54 Å². The van der Waals surface area contributed by atoms with E-state index in [1.807, 2.05) is 45.0 Å². The molecule has 0 saturated heterocycles. The van der Waals surface area contributed by atoms with Gasteiger partial charge >= 0.3 is 6.18 Å². The van der Waals surface area contributed by atoms with Crippen molar-refractivity contribution in [1.29, 1.82) is 0 Å². The lowest BCUT2D eigenvalue weighted by Crippen LogP contribution is -2.57. The van der Waals surface area contributed by atoms with Crippen molar-refractivity contribution in [2.45, 2.75) is 50.9 Å². The number of carbonyl (C=O) groups excluding carboxylic acids is 2. The highest BCUT2D eigenvalue weighted by molar-refractivity contribution is 7.99. The zero-order chi connectivity index (χ0) is 26.3. The Morgan fingerprint density at radius 1 is 1.03 bits per heavy atom. The van der Waals surface area contributed by atoms with Crippen LogP contribution in [0.25, 0.3) is 0 Å². The highest BCUT2D eigenvalue weighted by atomic mass is 32.2. The Balaban J connectivity index is 1.73. The number of hydrogen-bond acceptors (Lipinski definition) is 3. The summed E-state index contributed by atoms with van der Waals surface area (Å²) in [6.45, 7) is 7.52. The van der Waals surface area contributed by atoms with E-state index in [-0.39, 0.29) is 24.1 Å². The maximum Gasteiger partial charge on any atom is 0.416 e. The van der Waals surface area contributed by atoms with Crippen LogP contribution in [0.4, 0.5) is 18.9 Å². The van der Waals surface area contributed by atoms with Crippen molar-refractivity contribution in [3.63, 3.8) is 0 Å². The lowest BCUT2D eigenvalue weighted by Gasteiger charge is -2.39. The van der Waals surface area contributed by atoms with Crippen LogP contribution >= 0.6 is 11.8 Å². The highest BCUT2D eigenvalue weighted by Gasteiger charge is 2.45. The molecular weight excluding hydrogens is 485 g/mol. The fourth-order valence-electron chi connectivity index (χ4n) is 4.48. The van der Waals surface area contributed by atoms with Gasteiger partial charge in [-0.25, -0.2) is 0 Å². The molecule has 4 nitrogen and oxygen atoms in total. The third-order valence-electron chi connectivity index (χ3n) is 6.49. The minimum atomic E-state index is -4.45. The number of anilines is 1. The summed E-state index contributed by atoms with van der Waals surface area (Å²) >= 11 is 1.42. The molecule has 2 amide bonds. The van der Waals surface area contributed by atoms with Gasteiger partial charge < -0.3 is 10.2 Å². The molecule has 0 radical (unpaired) electrons. The molecule has 188 valence electrons. The molecule has 0 spiro atoms. The number of rotatable bonds is 4. The van der Waals surface area contributed by atoms with E-state index in [4.69, 9.17) is 0 Å². The van der Waals surface area contributed by atoms with Crippen LogP contribution in [-0.2, 0) is 17.5 Å². The van der Waals surface area contributed by atoms with E-state index >= 15 is 0 Å². The molecule has 8 heteroatoms. The van der Waals surface area contributed by atoms with Gasteiger partial charge in [0.2, 0.25) is 0 Å². The molecular formula is C28H27F3N2O2S. The van der Waals surface area contributed by atoms with Crippen LogP contribution in [0.3, 0.4) is 0 Å². The second-order valence-corrected chi connectivity index (χ2v) is 10.4. The summed E-state index contributed by atoms with van der Waals surface area (Å²) in [4.78, 5) is 29.9. The Bertz CT molecular complexity index is 1300. The smallest absolute Gasteiger partial charge is 0.324 e. The van der Waals surface area contributed by atoms with Crippen LogP contribution in [0, 0.1) is 20.8 Å². The highest BCUT2D eigenvalue weighted by Crippen LogP contribution is 2.37. The third kappa shape index (κ3) is 5.00. The fraction of sp³-hybridized carbons (Fsp3) is 0.286. The molecule has 1 N–H and O–H groups in total. The first kappa shape index (κ1) is 25.8. The summed E-state index contributed by atoms with van der Waals surface area (Å²) in [5, 5.41) is 3.04. The maximum atomic E-state index is 13.8. The Morgan fingerprint density at radius 2 is 1.64 bits per heavy atom. The number of benzene rings is 3. The standard InChI is InChI=1S/C28H27F3N2O2S/c1-17-13-18(2)24(19(3)14-17)32-26(35)27(4)16-36-23-8-6-5-7-22(23)25(34)33(27)15-20-9-11-21(12-10-20)28(29,30)31/h5-14H,15-16H2,1-4H3,(H,32,35)/t27-/m0/s1. The fourth-order valence-corrected chi connectivity index (χ4v) is 5.69. The molecule has 0 unspecified atom stereocenters. The molecule has 4 rings (SSSR count). The van der Waals surface area contributed by atoms with E-state index < -0.39 is 17.3 Å². The maximum absolute atomic E-state index is 13.8. The van der Waals surface area contributed by atoms with Gasteiger partial charge in [-0.2, -0.15) is 13.2 Å². The van der Waals surface area contributed by atoms with Gasteiger partial charge in [-0.3, -0.25) is 9.59 Å². The van der Waals surface area contributed by atoms with Crippen molar-refractivity contribution in [1.82, 2.24) is 4.90 Å². The van der Waals surface area contributed by atoms with Crippen molar-refractivity contribution >= 4 is 29.3 Å². The summed E-state index contributed by atoms with van der Waals surface area (Å²) < 4.78 is 39.2. The van der Waals surface area contributed by atoms with Crippen LogP contribution in [0.15, 0.2) is 65.6 Å². The molecule has 36 heavy (non-hydrogen) atoms. The first-order chi connectivity index (χ1) is 16.9. The molecule has 0 fully saturated rings. The van der Waals surface area contributed by atoms with E-state index in [2.05, 4.69) is 5.32 Å². The lowest BCUT2D eigenvalue weighted by molar-refractivity contribution is -0.137. The molecule has 1 aliphatic rings. The number of nitrogens with zero attached hydrogens (tertiary/aromatic N) is 1. The number of hydrogen-bond donors (Lipinski definition) is 1.